The van der Waals surface area contributed by atoms with E-state index in [1.165, 1.54) is 32.3 Å². The standard InChI is InChI=1S/C20H23ClN4O4S/c1-24(2)30(28,29)14-9-10-18(25-11-5-6-12-25)16(13-14)20(27)23-22-19(26)15-7-3-4-8-17(15)21/h3-4,7-10,13H,5-6,11-12H2,1-2H3,(H,22,26)(H,23,27). The van der Waals surface area contributed by atoms with Crippen molar-refractivity contribution in [3.05, 3.63) is 58.6 Å². The molecule has 0 spiro atoms. The van der Waals surface area contributed by atoms with Crippen LogP contribution in [-0.2, 0) is 10.0 Å². The molecule has 1 saturated heterocycles. The van der Waals surface area contributed by atoms with Crippen molar-refractivity contribution >= 4 is 39.1 Å². The molecule has 1 aliphatic heterocycles. The summed E-state index contributed by atoms with van der Waals surface area (Å²) in [5.41, 5.74) is 5.70. The highest BCUT2D eigenvalue weighted by atomic mass is 35.5. The van der Waals surface area contributed by atoms with Crippen molar-refractivity contribution in [2.45, 2.75) is 17.7 Å². The smallest absolute Gasteiger partial charge is 0.271 e. The largest absolute Gasteiger partial charge is 0.371 e. The third-order valence-electron chi connectivity index (χ3n) is 4.85. The van der Waals surface area contributed by atoms with Gasteiger partial charge in [-0.15, -0.1) is 0 Å². The van der Waals surface area contributed by atoms with Crippen LogP contribution in [0.5, 0.6) is 0 Å². The summed E-state index contributed by atoms with van der Waals surface area (Å²) in [5.74, 6) is -1.19. The van der Waals surface area contributed by atoms with Crippen LogP contribution in [0, 0.1) is 0 Å². The second-order valence-corrected chi connectivity index (χ2v) is 9.61. The van der Waals surface area contributed by atoms with Crippen LogP contribution in [0.4, 0.5) is 5.69 Å². The Kier molecular flexibility index (Phi) is 6.64. The first-order valence-electron chi connectivity index (χ1n) is 9.38. The van der Waals surface area contributed by atoms with Gasteiger partial charge in [-0.25, -0.2) is 12.7 Å². The van der Waals surface area contributed by atoms with Gasteiger partial charge in [0.05, 0.1) is 21.0 Å². The number of carbonyl (C=O) groups excluding carboxylic acids is 2. The summed E-state index contributed by atoms with van der Waals surface area (Å²) in [5, 5.41) is 0.251. The van der Waals surface area contributed by atoms with E-state index in [0.29, 0.717) is 5.69 Å². The topological polar surface area (TPSA) is 98.8 Å². The van der Waals surface area contributed by atoms with Crippen molar-refractivity contribution in [2.24, 2.45) is 0 Å². The molecular weight excluding hydrogens is 428 g/mol. The number of nitrogens with zero attached hydrogens (tertiary/aromatic N) is 2. The molecule has 2 aromatic carbocycles. The van der Waals surface area contributed by atoms with Crippen molar-refractivity contribution in [3.8, 4) is 0 Å². The molecule has 1 heterocycles. The van der Waals surface area contributed by atoms with Gasteiger partial charge in [0.1, 0.15) is 0 Å². The molecule has 3 rings (SSSR count). The van der Waals surface area contributed by atoms with E-state index >= 15 is 0 Å². The second kappa shape index (κ2) is 9.03. The lowest BCUT2D eigenvalue weighted by Crippen LogP contribution is -2.42. The Morgan fingerprint density at radius 2 is 1.57 bits per heavy atom. The fourth-order valence-corrected chi connectivity index (χ4v) is 4.35. The van der Waals surface area contributed by atoms with E-state index in [4.69, 9.17) is 11.6 Å². The van der Waals surface area contributed by atoms with Crippen LogP contribution in [-0.4, -0.2) is 51.7 Å². The van der Waals surface area contributed by atoms with Crippen LogP contribution in [0.1, 0.15) is 33.6 Å². The first-order valence-corrected chi connectivity index (χ1v) is 11.2. The number of anilines is 1. The van der Waals surface area contributed by atoms with Gasteiger partial charge in [-0.3, -0.25) is 20.4 Å². The Balaban J connectivity index is 1.88. The Labute approximate surface area is 180 Å². The number of sulfonamides is 1. The number of benzene rings is 2. The highest BCUT2D eigenvalue weighted by Gasteiger charge is 2.25. The molecule has 2 N–H and O–H groups in total. The highest BCUT2D eigenvalue weighted by Crippen LogP contribution is 2.28. The predicted molar refractivity (Wildman–Crippen MR) is 115 cm³/mol. The van der Waals surface area contributed by atoms with E-state index in [0.717, 1.165) is 30.2 Å². The zero-order valence-corrected chi connectivity index (χ0v) is 18.3. The number of rotatable bonds is 5. The molecule has 0 unspecified atom stereocenters. The third kappa shape index (κ3) is 4.58. The summed E-state index contributed by atoms with van der Waals surface area (Å²) in [6, 6.07) is 10.9. The number of hydrogen-bond acceptors (Lipinski definition) is 5. The minimum atomic E-state index is -3.72. The number of amides is 2. The molecule has 1 aliphatic rings. The lowest BCUT2D eigenvalue weighted by molar-refractivity contribution is 0.0847. The molecule has 0 aliphatic carbocycles. The number of halogens is 1. The van der Waals surface area contributed by atoms with Crippen LogP contribution >= 0.6 is 11.6 Å². The molecule has 0 atom stereocenters. The van der Waals surface area contributed by atoms with Gasteiger partial charge >= 0.3 is 0 Å². The van der Waals surface area contributed by atoms with Gasteiger partial charge < -0.3 is 4.90 Å². The zero-order chi connectivity index (χ0) is 21.9. The molecule has 10 heteroatoms. The molecule has 1 fully saturated rings. The SMILES string of the molecule is CN(C)S(=O)(=O)c1ccc(N2CCCC2)c(C(=O)NNC(=O)c2ccccc2Cl)c1. The molecule has 2 aromatic rings. The molecule has 0 bridgehead atoms. The van der Waals surface area contributed by atoms with Gasteiger partial charge in [0.15, 0.2) is 0 Å². The van der Waals surface area contributed by atoms with Crippen molar-refractivity contribution in [2.75, 3.05) is 32.1 Å². The van der Waals surface area contributed by atoms with Crippen LogP contribution < -0.4 is 15.8 Å². The van der Waals surface area contributed by atoms with E-state index in [2.05, 4.69) is 10.9 Å². The minimum Gasteiger partial charge on any atom is -0.371 e. The van der Waals surface area contributed by atoms with Gasteiger partial charge in [-0.1, -0.05) is 23.7 Å². The summed E-state index contributed by atoms with van der Waals surface area (Å²) < 4.78 is 26.1. The summed E-state index contributed by atoms with van der Waals surface area (Å²) in [6.07, 6.45) is 1.98. The maximum Gasteiger partial charge on any atom is 0.271 e. The van der Waals surface area contributed by atoms with Crippen molar-refractivity contribution in [1.82, 2.24) is 15.2 Å². The van der Waals surface area contributed by atoms with Crippen LogP contribution in [0.3, 0.4) is 0 Å². The van der Waals surface area contributed by atoms with E-state index in [1.54, 1.807) is 24.3 Å². The van der Waals surface area contributed by atoms with Crippen molar-refractivity contribution < 1.29 is 18.0 Å². The third-order valence-corrected chi connectivity index (χ3v) is 6.99. The lowest BCUT2D eigenvalue weighted by atomic mass is 10.1. The minimum absolute atomic E-state index is 0.00183. The normalized spacial score (nSPS) is 14.1. The molecule has 160 valence electrons. The van der Waals surface area contributed by atoms with Crippen molar-refractivity contribution in [3.63, 3.8) is 0 Å². The first-order chi connectivity index (χ1) is 14.2. The van der Waals surface area contributed by atoms with Gasteiger partial charge in [-0.05, 0) is 43.2 Å². The summed E-state index contributed by atoms with van der Waals surface area (Å²) in [4.78, 5) is 27.3. The number of nitrogens with one attached hydrogen (secondary N) is 2. The Morgan fingerprint density at radius 1 is 0.967 bits per heavy atom. The molecule has 30 heavy (non-hydrogen) atoms. The van der Waals surface area contributed by atoms with Crippen LogP contribution in [0.15, 0.2) is 47.4 Å². The van der Waals surface area contributed by atoms with E-state index in [1.807, 2.05) is 4.90 Å². The molecule has 8 nitrogen and oxygen atoms in total. The Bertz CT molecular complexity index is 1070. The average Bonchev–Trinajstić information content (AvgIpc) is 3.26. The van der Waals surface area contributed by atoms with Gasteiger partial charge in [0.2, 0.25) is 10.0 Å². The molecule has 2 amide bonds. The van der Waals surface area contributed by atoms with Crippen LogP contribution in [0.2, 0.25) is 5.02 Å². The number of carbonyl (C=O) groups is 2. The molecule has 0 aromatic heterocycles. The van der Waals surface area contributed by atoms with Gasteiger partial charge in [-0.2, -0.15) is 0 Å². The highest BCUT2D eigenvalue weighted by molar-refractivity contribution is 7.89. The summed E-state index contributed by atoms with van der Waals surface area (Å²) in [7, 11) is -0.875. The maximum atomic E-state index is 12.9. The second-order valence-electron chi connectivity index (χ2n) is 7.05. The maximum absolute atomic E-state index is 12.9. The quantitative estimate of drug-likeness (QED) is 0.681. The van der Waals surface area contributed by atoms with Crippen LogP contribution in [0.25, 0.3) is 0 Å². The van der Waals surface area contributed by atoms with E-state index in [9.17, 15) is 18.0 Å². The molecule has 0 radical (unpaired) electrons. The zero-order valence-electron chi connectivity index (χ0n) is 16.7. The number of hydrogen-bond donors (Lipinski definition) is 2. The van der Waals surface area contributed by atoms with Gasteiger partial charge in [0.25, 0.3) is 11.8 Å². The van der Waals surface area contributed by atoms with Gasteiger partial charge in [0, 0.05) is 32.9 Å². The predicted octanol–water partition coefficient (Wildman–Crippen LogP) is 2.27. The first kappa shape index (κ1) is 22.1. The summed E-state index contributed by atoms with van der Waals surface area (Å²) >= 11 is 6.01. The monoisotopic (exact) mass is 450 g/mol. The summed E-state index contributed by atoms with van der Waals surface area (Å²) in [6.45, 7) is 1.54. The molecule has 0 saturated carbocycles. The molecular formula is C20H23ClN4O4S. The average molecular weight is 451 g/mol. The lowest BCUT2D eigenvalue weighted by Gasteiger charge is -2.22. The Hall–Kier alpha value is -2.62. The van der Waals surface area contributed by atoms with E-state index in [-0.39, 0.29) is 21.0 Å². The fourth-order valence-electron chi connectivity index (χ4n) is 3.20. The number of hydrazine groups is 1. The van der Waals surface area contributed by atoms with Crippen molar-refractivity contribution in [1.29, 1.82) is 0 Å². The fraction of sp³-hybridized carbons (Fsp3) is 0.300. The Morgan fingerprint density at radius 3 is 2.17 bits per heavy atom. The van der Waals surface area contributed by atoms with E-state index < -0.39 is 21.8 Å².